The van der Waals surface area contributed by atoms with Crippen molar-refractivity contribution in [2.24, 2.45) is 0 Å². The Balaban J connectivity index is 1.25. The quantitative estimate of drug-likeness (QED) is 0.156. The summed E-state index contributed by atoms with van der Waals surface area (Å²) in [6.07, 6.45) is 14.7. The Bertz CT molecular complexity index is 3350. The molecule has 60 heavy (non-hydrogen) atoms. The molecule has 0 N–H and O–H groups in total. The molecule has 0 unspecified atom stereocenters. The molecular formula is C56H48N2OS. The first-order valence-electron chi connectivity index (χ1n) is 21.2. The molecule has 3 aromatic heterocycles. The van der Waals surface area contributed by atoms with Crippen LogP contribution in [0.2, 0.25) is 0 Å². The van der Waals surface area contributed by atoms with Gasteiger partial charge in [-0.05, 0) is 84.0 Å². The van der Waals surface area contributed by atoms with Crippen LogP contribution in [0.5, 0.6) is 0 Å². The van der Waals surface area contributed by atoms with Crippen molar-refractivity contribution in [3.05, 3.63) is 174 Å². The van der Waals surface area contributed by atoms with Gasteiger partial charge in [0.05, 0.1) is 16.7 Å². The lowest BCUT2D eigenvalue weighted by Crippen LogP contribution is -2.17. The summed E-state index contributed by atoms with van der Waals surface area (Å²) in [5, 5.41) is 6.22. The zero-order chi connectivity index (χ0) is 41.1. The number of hydrogen-bond donors (Lipinski definition) is 0. The van der Waals surface area contributed by atoms with Crippen LogP contribution in [0.3, 0.4) is 0 Å². The predicted molar refractivity (Wildman–Crippen MR) is 260 cm³/mol. The van der Waals surface area contributed by atoms with Gasteiger partial charge in [-0.3, -0.25) is 0 Å². The summed E-state index contributed by atoms with van der Waals surface area (Å²) in [5.74, 6) is 1.11. The van der Waals surface area contributed by atoms with Gasteiger partial charge in [0, 0.05) is 81.9 Å². The Morgan fingerprint density at radius 1 is 0.800 bits per heavy atom. The molecule has 11 rings (SSSR count). The lowest BCUT2D eigenvalue weighted by atomic mass is 9.81. The molecule has 0 spiro atoms. The van der Waals surface area contributed by atoms with Crippen LogP contribution >= 0.6 is 11.3 Å². The highest BCUT2D eigenvalue weighted by Crippen LogP contribution is 2.59. The zero-order valence-electron chi connectivity index (χ0n) is 35.2. The minimum Gasteiger partial charge on any atom is -0.460 e. The van der Waals surface area contributed by atoms with Crippen LogP contribution in [-0.2, 0) is 17.3 Å². The van der Waals surface area contributed by atoms with Gasteiger partial charge in [0.1, 0.15) is 11.3 Å². The van der Waals surface area contributed by atoms with Gasteiger partial charge in [0.15, 0.2) is 0 Å². The van der Waals surface area contributed by atoms with Crippen molar-refractivity contribution in [2.75, 3.05) is 4.90 Å². The summed E-state index contributed by atoms with van der Waals surface area (Å²) in [4.78, 5) is 2.52. The molecule has 2 aliphatic rings. The molecule has 3 nitrogen and oxygen atoms in total. The number of aryl methyl sites for hydroxylation is 1. The number of aromatic nitrogens is 1. The van der Waals surface area contributed by atoms with Gasteiger partial charge in [0.25, 0.3) is 0 Å². The number of benzene rings is 6. The molecule has 0 atom stereocenters. The van der Waals surface area contributed by atoms with Crippen LogP contribution in [-0.4, -0.2) is 4.57 Å². The van der Waals surface area contributed by atoms with Crippen LogP contribution < -0.4 is 4.90 Å². The van der Waals surface area contributed by atoms with Crippen molar-refractivity contribution in [1.29, 1.82) is 0 Å². The summed E-state index contributed by atoms with van der Waals surface area (Å²) in [6, 6.07) is 41.2. The van der Waals surface area contributed by atoms with Crippen molar-refractivity contribution < 1.29 is 4.42 Å². The fraction of sp³-hybridized carbons (Fsp3) is 0.179. The van der Waals surface area contributed by atoms with Crippen LogP contribution in [0.4, 0.5) is 17.1 Å². The third-order valence-corrected chi connectivity index (χ3v) is 14.3. The van der Waals surface area contributed by atoms with E-state index in [4.69, 9.17) is 4.42 Å². The number of allylic oxidation sites excluding steroid dienone is 6. The lowest BCUT2D eigenvalue weighted by molar-refractivity contribution is 0.546. The maximum atomic E-state index is 6.92. The molecule has 0 radical (unpaired) electrons. The fourth-order valence-electron chi connectivity index (χ4n) is 10.1. The van der Waals surface area contributed by atoms with Crippen LogP contribution in [0.25, 0.3) is 75.8 Å². The van der Waals surface area contributed by atoms with Crippen molar-refractivity contribution in [3.63, 3.8) is 0 Å². The van der Waals surface area contributed by atoms with E-state index in [-0.39, 0.29) is 10.8 Å². The Labute approximate surface area is 355 Å². The second kappa shape index (κ2) is 13.3. The molecule has 0 aliphatic heterocycles. The summed E-state index contributed by atoms with van der Waals surface area (Å²) in [7, 11) is 0. The third kappa shape index (κ3) is 5.26. The van der Waals surface area contributed by atoms with Crippen LogP contribution in [0.15, 0.2) is 151 Å². The molecule has 294 valence electrons. The van der Waals surface area contributed by atoms with Crippen molar-refractivity contribution in [2.45, 2.75) is 65.2 Å². The maximum Gasteiger partial charge on any atom is 0.143 e. The van der Waals surface area contributed by atoms with Gasteiger partial charge < -0.3 is 13.9 Å². The highest BCUT2D eigenvalue weighted by Gasteiger charge is 2.41. The average molecular weight is 797 g/mol. The average Bonchev–Trinajstić information content (AvgIpc) is 3.98. The zero-order valence-corrected chi connectivity index (χ0v) is 36.0. The van der Waals surface area contributed by atoms with Gasteiger partial charge in [-0.15, -0.1) is 11.3 Å². The van der Waals surface area contributed by atoms with Crippen molar-refractivity contribution >= 4 is 93.1 Å². The molecule has 0 bridgehead atoms. The molecule has 2 aliphatic carbocycles. The summed E-state index contributed by atoms with van der Waals surface area (Å²) < 4.78 is 11.9. The largest absolute Gasteiger partial charge is 0.460 e. The van der Waals surface area contributed by atoms with E-state index in [1.165, 1.54) is 80.9 Å². The van der Waals surface area contributed by atoms with Gasteiger partial charge in [-0.1, -0.05) is 138 Å². The van der Waals surface area contributed by atoms with E-state index < -0.39 is 0 Å². The second-order valence-corrected chi connectivity index (χ2v) is 19.0. The number of nitrogens with zero attached hydrogens (tertiary/aromatic N) is 2. The molecule has 0 saturated heterocycles. The van der Waals surface area contributed by atoms with Gasteiger partial charge in [-0.2, -0.15) is 0 Å². The molecule has 3 heterocycles. The lowest BCUT2D eigenvalue weighted by Gasteiger charge is -2.30. The first-order chi connectivity index (χ1) is 29.1. The minimum atomic E-state index is -0.266. The van der Waals surface area contributed by atoms with Gasteiger partial charge in [-0.25, -0.2) is 0 Å². The Morgan fingerprint density at radius 3 is 2.32 bits per heavy atom. The van der Waals surface area contributed by atoms with Crippen LogP contribution in [0.1, 0.15) is 76.0 Å². The highest BCUT2D eigenvalue weighted by molar-refractivity contribution is 7.26. The van der Waals surface area contributed by atoms with E-state index in [2.05, 4.69) is 191 Å². The third-order valence-electron chi connectivity index (χ3n) is 13.1. The SMILES string of the molecule is C=C/C=C\C(=C/C)n1c2ccccc2c2ccc(N(c3ccc(C(C)(C)C)cc3)c3cc4c(c5sc6ccccc6c35)-c3c(ccc5c6c(oc35)CCC=C6)C4(C)C)cc21. The molecule has 9 aromatic rings. The van der Waals surface area contributed by atoms with E-state index >= 15 is 0 Å². The van der Waals surface area contributed by atoms with Crippen molar-refractivity contribution in [3.8, 4) is 11.1 Å². The smallest absolute Gasteiger partial charge is 0.143 e. The van der Waals surface area contributed by atoms with E-state index in [0.29, 0.717) is 0 Å². The summed E-state index contributed by atoms with van der Waals surface area (Å²) in [6.45, 7) is 17.8. The molecule has 4 heteroatoms. The first-order valence-corrected chi connectivity index (χ1v) is 22.0. The monoisotopic (exact) mass is 796 g/mol. The highest BCUT2D eigenvalue weighted by atomic mass is 32.1. The van der Waals surface area contributed by atoms with E-state index in [1.807, 2.05) is 23.5 Å². The second-order valence-electron chi connectivity index (χ2n) is 18.0. The number of hydrogen-bond acceptors (Lipinski definition) is 3. The fourth-order valence-corrected chi connectivity index (χ4v) is 11.4. The number of fused-ring (bicyclic) bond motifs is 14. The normalized spacial score (nSPS) is 14.9. The molecule has 0 saturated carbocycles. The Kier molecular flexibility index (Phi) is 8.15. The topological polar surface area (TPSA) is 21.3 Å². The molecule has 0 amide bonds. The Morgan fingerprint density at radius 2 is 1.53 bits per heavy atom. The standard InChI is InChI=1S/C56H48N2OS/c1-8-10-17-35(9-2)58-45-21-14-11-18-38(45)39-29-28-37(32-46(39)58)57(36-26-24-34(25-27-36)55(3,4)5)47-33-44-52(54-50(47)42-20-13-16-23-49(42)60-54)51-43(56(44,6)7)31-30-41-40-19-12-15-22-48(40)59-53(41)51/h8-14,16-21,23-33H,1,15,22H2,2-7H3/b17-10-,35-9+. The van der Waals surface area contributed by atoms with Crippen molar-refractivity contribution in [1.82, 2.24) is 4.57 Å². The number of thiophene rings is 1. The van der Waals surface area contributed by atoms with Gasteiger partial charge >= 0.3 is 0 Å². The minimum absolute atomic E-state index is 0.0252. The summed E-state index contributed by atoms with van der Waals surface area (Å²) >= 11 is 1.92. The van der Waals surface area contributed by atoms with E-state index in [1.54, 1.807) is 0 Å². The van der Waals surface area contributed by atoms with E-state index in [0.717, 1.165) is 46.8 Å². The summed E-state index contributed by atoms with van der Waals surface area (Å²) in [5.41, 5.74) is 15.4. The Hall–Kier alpha value is -6.36. The number of furan rings is 1. The maximum absolute atomic E-state index is 6.92. The number of rotatable bonds is 6. The molecular weight excluding hydrogens is 749 g/mol. The molecule has 6 aromatic carbocycles. The predicted octanol–water partition coefficient (Wildman–Crippen LogP) is 16.5. The van der Waals surface area contributed by atoms with Gasteiger partial charge in [0.2, 0.25) is 0 Å². The molecule has 0 fully saturated rings. The first kappa shape index (κ1) is 36.7. The number of anilines is 3. The number of para-hydroxylation sites is 1. The van der Waals surface area contributed by atoms with Crippen LogP contribution in [0, 0.1) is 0 Å². The van der Waals surface area contributed by atoms with E-state index in [9.17, 15) is 0 Å².